The Morgan fingerprint density at radius 1 is 1.10 bits per heavy atom. The minimum absolute atomic E-state index is 0.0374. The lowest BCUT2D eigenvalue weighted by Gasteiger charge is -2.07. The van der Waals surface area contributed by atoms with Crippen LogP contribution < -0.4 is 15.2 Å². The molecule has 0 saturated carbocycles. The predicted molar refractivity (Wildman–Crippen MR) is 72.7 cm³/mol. The number of hydrogen-bond donors (Lipinski definition) is 2. The van der Waals surface area contributed by atoms with Gasteiger partial charge in [-0.05, 0) is 31.0 Å². The van der Waals surface area contributed by atoms with E-state index in [1.807, 2.05) is 19.1 Å². The molecule has 7 nitrogen and oxygen atoms in total. The lowest BCUT2D eigenvalue weighted by atomic mass is 10.1. The Hall–Kier alpha value is -2.41. The van der Waals surface area contributed by atoms with Crippen molar-refractivity contribution in [2.24, 2.45) is 0 Å². The summed E-state index contributed by atoms with van der Waals surface area (Å²) in [4.78, 5) is 11.7. The van der Waals surface area contributed by atoms with Gasteiger partial charge in [-0.1, -0.05) is 12.1 Å². The molecule has 106 valence electrons. The van der Waals surface area contributed by atoms with Gasteiger partial charge in [-0.3, -0.25) is 0 Å². The molecular weight excluding hydrogens is 260 g/mol. The number of aliphatic hydroxyl groups is 1. The zero-order chi connectivity index (χ0) is 14.4. The summed E-state index contributed by atoms with van der Waals surface area (Å²) < 4.78 is 10.7. The summed E-state index contributed by atoms with van der Waals surface area (Å²) in [5.41, 5.74) is 6.58. The summed E-state index contributed by atoms with van der Waals surface area (Å²) >= 11 is 0. The van der Waals surface area contributed by atoms with Crippen molar-refractivity contribution in [1.82, 2.24) is 15.0 Å². The third kappa shape index (κ3) is 3.79. The van der Waals surface area contributed by atoms with Crippen molar-refractivity contribution < 1.29 is 14.6 Å². The summed E-state index contributed by atoms with van der Waals surface area (Å²) in [5, 5.41) is 8.85. The molecule has 2 aromatic rings. The summed E-state index contributed by atoms with van der Waals surface area (Å²) in [5.74, 6) is 0.607. The summed E-state index contributed by atoms with van der Waals surface area (Å²) in [6, 6.07) is 7.47. The Morgan fingerprint density at radius 3 is 2.45 bits per heavy atom. The van der Waals surface area contributed by atoms with Gasteiger partial charge in [0, 0.05) is 6.61 Å². The maximum atomic E-state index is 8.85. The number of anilines is 1. The number of hydrogen-bond acceptors (Lipinski definition) is 7. The van der Waals surface area contributed by atoms with Crippen LogP contribution in [0.15, 0.2) is 24.3 Å². The highest BCUT2D eigenvalue weighted by atomic mass is 16.5. The summed E-state index contributed by atoms with van der Waals surface area (Å²) in [6.45, 7) is 2.36. The maximum absolute atomic E-state index is 8.85. The molecule has 20 heavy (non-hydrogen) atoms. The predicted octanol–water partition coefficient (Wildman–Crippen LogP) is 1.18. The monoisotopic (exact) mass is 276 g/mol. The normalized spacial score (nSPS) is 10.3. The first-order valence-corrected chi connectivity index (χ1v) is 6.23. The third-order valence-corrected chi connectivity index (χ3v) is 2.42. The lowest BCUT2D eigenvalue weighted by Crippen LogP contribution is -2.04. The zero-order valence-electron chi connectivity index (χ0n) is 11.1. The Bertz CT molecular complexity index is 560. The van der Waals surface area contributed by atoms with Gasteiger partial charge in [0.1, 0.15) is 5.75 Å². The van der Waals surface area contributed by atoms with Gasteiger partial charge in [0.15, 0.2) is 0 Å². The molecule has 0 amide bonds. The highest BCUT2D eigenvalue weighted by molar-refractivity contribution is 5.30. The highest BCUT2D eigenvalue weighted by Crippen LogP contribution is 2.20. The molecule has 0 fully saturated rings. The average molecular weight is 276 g/mol. The van der Waals surface area contributed by atoms with E-state index in [1.165, 1.54) is 0 Å². The number of nitrogen functional groups attached to an aromatic ring is 1. The molecule has 1 heterocycles. The van der Waals surface area contributed by atoms with E-state index in [-0.39, 0.29) is 24.6 Å². The molecule has 0 aliphatic heterocycles. The Kier molecular flexibility index (Phi) is 4.67. The number of ether oxygens (including phenoxy) is 2. The summed E-state index contributed by atoms with van der Waals surface area (Å²) in [7, 11) is 0. The minimum Gasteiger partial charge on any atom is -0.464 e. The van der Waals surface area contributed by atoms with Crippen LogP contribution in [0.3, 0.4) is 0 Å². The molecule has 0 aliphatic carbocycles. The fourth-order valence-electron chi connectivity index (χ4n) is 1.55. The number of benzene rings is 1. The van der Waals surface area contributed by atoms with Crippen LogP contribution in [-0.4, -0.2) is 33.3 Å². The van der Waals surface area contributed by atoms with Gasteiger partial charge in [-0.15, -0.1) is 4.98 Å². The Morgan fingerprint density at radius 2 is 1.80 bits per heavy atom. The van der Waals surface area contributed by atoms with Crippen molar-refractivity contribution in [1.29, 1.82) is 0 Å². The van der Waals surface area contributed by atoms with Crippen LogP contribution in [0.25, 0.3) is 0 Å². The van der Waals surface area contributed by atoms with E-state index in [4.69, 9.17) is 20.3 Å². The van der Waals surface area contributed by atoms with E-state index in [0.29, 0.717) is 18.8 Å². The first kappa shape index (κ1) is 14.0. The molecule has 0 radical (unpaired) electrons. The van der Waals surface area contributed by atoms with Crippen molar-refractivity contribution in [3.63, 3.8) is 0 Å². The van der Waals surface area contributed by atoms with Gasteiger partial charge >= 0.3 is 12.0 Å². The highest BCUT2D eigenvalue weighted by Gasteiger charge is 2.07. The van der Waals surface area contributed by atoms with Gasteiger partial charge < -0.3 is 20.3 Å². The molecule has 0 unspecified atom stereocenters. The number of aliphatic hydroxyl groups excluding tert-OH is 1. The molecular formula is C13H16N4O3. The van der Waals surface area contributed by atoms with Crippen molar-refractivity contribution in [3.8, 4) is 17.8 Å². The molecule has 0 bridgehead atoms. The third-order valence-electron chi connectivity index (χ3n) is 2.42. The molecule has 3 N–H and O–H groups in total. The average Bonchev–Trinajstić information content (AvgIpc) is 2.41. The lowest BCUT2D eigenvalue weighted by molar-refractivity contribution is 0.299. The van der Waals surface area contributed by atoms with E-state index in [1.54, 1.807) is 12.1 Å². The number of aromatic nitrogens is 3. The minimum atomic E-state index is 0.0374. The fourth-order valence-corrected chi connectivity index (χ4v) is 1.55. The Labute approximate surface area is 116 Å². The van der Waals surface area contributed by atoms with Gasteiger partial charge in [-0.25, -0.2) is 0 Å². The van der Waals surface area contributed by atoms with Crippen LogP contribution in [0.4, 0.5) is 5.95 Å². The molecule has 0 atom stereocenters. The molecule has 0 aliphatic rings. The zero-order valence-corrected chi connectivity index (χ0v) is 11.1. The molecule has 0 spiro atoms. The molecule has 1 aromatic heterocycles. The number of nitrogens with zero attached hydrogens (tertiary/aromatic N) is 3. The van der Waals surface area contributed by atoms with Crippen LogP contribution in [0, 0.1) is 0 Å². The molecule has 7 heteroatoms. The van der Waals surface area contributed by atoms with Crippen molar-refractivity contribution in [2.45, 2.75) is 13.3 Å². The molecule has 0 saturated heterocycles. The first-order chi connectivity index (χ1) is 9.71. The second kappa shape index (κ2) is 6.67. The van der Waals surface area contributed by atoms with Crippen LogP contribution in [0.5, 0.6) is 17.8 Å². The SMILES string of the molecule is CCOc1nc(N)nc(Oc2ccc(CCO)cc2)n1. The van der Waals surface area contributed by atoms with E-state index in [9.17, 15) is 0 Å². The molecule has 1 aromatic carbocycles. The van der Waals surface area contributed by atoms with Crippen molar-refractivity contribution in [2.75, 3.05) is 18.9 Å². The molecule has 2 rings (SSSR count). The topological polar surface area (TPSA) is 103 Å². The number of nitrogens with two attached hydrogens (primary N) is 1. The van der Waals surface area contributed by atoms with Gasteiger partial charge in [0.05, 0.1) is 6.61 Å². The van der Waals surface area contributed by atoms with Crippen LogP contribution in [0.1, 0.15) is 12.5 Å². The second-order valence-corrected chi connectivity index (χ2v) is 3.91. The summed E-state index contributed by atoms with van der Waals surface area (Å²) in [6.07, 6.45) is 0.605. The van der Waals surface area contributed by atoms with Gasteiger partial charge in [0.25, 0.3) is 0 Å². The van der Waals surface area contributed by atoms with Gasteiger partial charge in [-0.2, -0.15) is 9.97 Å². The number of rotatable bonds is 6. The first-order valence-electron chi connectivity index (χ1n) is 6.23. The van der Waals surface area contributed by atoms with Crippen LogP contribution >= 0.6 is 0 Å². The van der Waals surface area contributed by atoms with E-state index >= 15 is 0 Å². The Balaban J connectivity index is 2.12. The van der Waals surface area contributed by atoms with Crippen LogP contribution in [0.2, 0.25) is 0 Å². The fraction of sp³-hybridized carbons (Fsp3) is 0.308. The quantitative estimate of drug-likeness (QED) is 0.816. The van der Waals surface area contributed by atoms with E-state index in [2.05, 4.69) is 15.0 Å². The van der Waals surface area contributed by atoms with E-state index in [0.717, 1.165) is 5.56 Å². The second-order valence-electron chi connectivity index (χ2n) is 3.91. The van der Waals surface area contributed by atoms with Gasteiger partial charge in [0.2, 0.25) is 5.95 Å². The smallest absolute Gasteiger partial charge is 0.330 e. The standard InChI is InChI=1S/C13H16N4O3/c1-2-19-12-15-11(14)16-13(17-12)20-10-5-3-9(4-6-10)7-8-18/h3-6,18H,2,7-8H2,1H3,(H2,14,15,16,17). The van der Waals surface area contributed by atoms with Crippen molar-refractivity contribution in [3.05, 3.63) is 29.8 Å². The van der Waals surface area contributed by atoms with E-state index < -0.39 is 0 Å². The maximum Gasteiger partial charge on any atom is 0.330 e. The van der Waals surface area contributed by atoms with Crippen molar-refractivity contribution >= 4 is 5.95 Å². The largest absolute Gasteiger partial charge is 0.464 e. The van der Waals surface area contributed by atoms with Crippen LogP contribution in [-0.2, 0) is 6.42 Å².